The van der Waals surface area contributed by atoms with Crippen LogP contribution in [0, 0.1) is 12.8 Å². The fourth-order valence-corrected chi connectivity index (χ4v) is 5.83. The molecule has 172 valence electrons. The van der Waals surface area contributed by atoms with Gasteiger partial charge in [-0.3, -0.25) is 9.59 Å². The molecule has 0 bridgehead atoms. The van der Waals surface area contributed by atoms with Crippen molar-refractivity contribution in [1.82, 2.24) is 9.21 Å². The lowest BCUT2D eigenvalue weighted by atomic mass is 9.96. The topological polar surface area (TPSA) is 96.0 Å². The van der Waals surface area contributed by atoms with Crippen LogP contribution >= 0.6 is 0 Å². The number of unbranched alkanes of at least 4 members (excludes halogenated alkanes) is 1. The van der Waals surface area contributed by atoms with Crippen LogP contribution in [0.2, 0.25) is 0 Å². The van der Waals surface area contributed by atoms with Gasteiger partial charge in [0.05, 0.1) is 10.6 Å². The lowest BCUT2D eigenvalue weighted by molar-refractivity contribution is -0.136. The number of ether oxygens (including phenoxy) is 1. The fourth-order valence-electron chi connectivity index (χ4n) is 4.13. The Labute approximate surface area is 185 Å². The maximum Gasteiger partial charge on any atom is 0.265 e. The van der Waals surface area contributed by atoms with Crippen molar-refractivity contribution in [3.63, 3.8) is 0 Å². The Kier molecular flexibility index (Phi) is 7.26. The average molecular weight is 452 g/mol. The molecule has 0 aliphatic carbocycles. The van der Waals surface area contributed by atoms with E-state index in [0.29, 0.717) is 49.5 Å². The van der Waals surface area contributed by atoms with E-state index in [9.17, 15) is 18.0 Å². The molecule has 1 aromatic carbocycles. The number of rotatable bonds is 7. The van der Waals surface area contributed by atoms with E-state index in [1.807, 2.05) is 11.8 Å². The van der Waals surface area contributed by atoms with Crippen LogP contribution in [0.25, 0.3) is 0 Å². The Balaban J connectivity index is 1.73. The van der Waals surface area contributed by atoms with Gasteiger partial charge >= 0.3 is 0 Å². The van der Waals surface area contributed by atoms with Crippen molar-refractivity contribution in [2.45, 2.75) is 64.4 Å². The first-order valence-corrected chi connectivity index (χ1v) is 12.5. The van der Waals surface area contributed by atoms with E-state index in [0.717, 1.165) is 19.4 Å². The molecule has 1 aromatic rings. The van der Waals surface area contributed by atoms with E-state index in [1.54, 1.807) is 19.9 Å². The second-order valence-electron chi connectivity index (χ2n) is 8.31. The summed E-state index contributed by atoms with van der Waals surface area (Å²) in [7, 11) is -3.73. The minimum absolute atomic E-state index is 0.132. The van der Waals surface area contributed by atoms with Gasteiger partial charge in [-0.15, -0.1) is 0 Å². The molecule has 9 heteroatoms. The highest BCUT2D eigenvalue weighted by Crippen LogP contribution is 2.36. The van der Waals surface area contributed by atoms with Gasteiger partial charge in [0.2, 0.25) is 15.9 Å². The van der Waals surface area contributed by atoms with Gasteiger partial charge in [-0.05, 0) is 51.7 Å². The molecule has 2 heterocycles. The summed E-state index contributed by atoms with van der Waals surface area (Å²) in [6, 6.07) is 3.13. The predicted molar refractivity (Wildman–Crippen MR) is 119 cm³/mol. The van der Waals surface area contributed by atoms with Crippen LogP contribution in [0.1, 0.15) is 52.0 Å². The Hall–Kier alpha value is -2.13. The van der Waals surface area contributed by atoms with Crippen LogP contribution in [0.3, 0.4) is 0 Å². The Morgan fingerprint density at radius 2 is 1.94 bits per heavy atom. The summed E-state index contributed by atoms with van der Waals surface area (Å²) in [4.78, 5) is 26.7. The molecular weight excluding hydrogens is 418 g/mol. The highest BCUT2D eigenvalue weighted by atomic mass is 32.2. The molecular formula is C22H33N3O5S. The standard InChI is InChI=1S/C22H33N3O5S/c1-5-7-10-24(6-2)22(27)17-8-11-25(12-9-17)31(28,29)20-14-19-18(13-15(20)3)23-21(26)16(4)30-19/h13-14,16-17H,5-12H2,1-4H3,(H,23,26)/t16-/m1/s1. The summed E-state index contributed by atoms with van der Waals surface area (Å²) >= 11 is 0. The maximum absolute atomic E-state index is 13.3. The smallest absolute Gasteiger partial charge is 0.265 e. The van der Waals surface area contributed by atoms with Gasteiger partial charge in [0.1, 0.15) is 5.75 Å². The van der Waals surface area contributed by atoms with Crippen molar-refractivity contribution in [3.05, 3.63) is 17.7 Å². The Morgan fingerprint density at radius 3 is 2.55 bits per heavy atom. The molecule has 0 saturated carbocycles. The monoisotopic (exact) mass is 451 g/mol. The third-order valence-corrected chi connectivity index (χ3v) is 8.14. The van der Waals surface area contributed by atoms with Crippen LogP contribution in [0.15, 0.2) is 17.0 Å². The maximum atomic E-state index is 13.3. The third kappa shape index (κ3) is 4.87. The molecule has 1 atom stereocenters. The minimum Gasteiger partial charge on any atom is -0.479 e. The van der Waals surface area contributed by atoms with Crippen LogP contribution in [0.5, 0.6) is 5.75 Å². The van der Waals surface area contributed by atoms with Gasteiger partial charge < -0.3 is 15.0 Å². The first kappa shape index (κ1) is 23.5. The first-order valence-electron chi connectivity index (χ1n) is 11.1. The van der Waals surface area contributed by atoms with Gasteiger partial charge in [-0.2, -0.15) is 4.31 Å². The van der Waals surface area contributed by atoms with Gasteiger partial charge in [0.15, 0.2) is 6.10 Å². The van der Waals surface area contributed by atoms with E-state index in [4.69, 9.17) is 4.74 Å². The lowest BCUT2D eigenvalue weighted by Gasteiger charge is -2.34. The molecule has 3 rings (SSSR count). The van der Waals surface area contributed by atoms with Gasteiger partial charge in [0, 0.05) is 38.2 Å². The van der Waals surface area contributed by atoms with Crippen LogP contribution < -0.4 is 10.1 Å². The van der Waals surface area contributed by atoms with Crippen LogP contribution in [-0.2, 0) is 19.6 Å². The van der Waals surface area contributed by atoms with Crippen molar-refractivity contribution in [2.75, 3.05) is 31.5 Å². The molecule has 1 saturated heterocycles. The number of carbonyl (C=O) groups is 2. The fraction of sp³-hybridized carbons (Fsp3) is 0.636. The van der Waals surface area contributed by atoms with Gasteiger partial charge in [0.25, 0.3) is 5.91 Å². The molecule has 2 aliphatic heterocycles. The zero-order valence-corrected chi connectivity index (χ0v) is 19.6. The summed E-state index contributed by atoms with van der Waals surface area (Å²) in [5.74, 6) is 0.105. The first-order chi connectivity index (χ1) is 14.7. The van der Waals surface area contributed by atoms with E-state index >= 15 is 0 Å². The number of hydrogen-bond donors (Lipinski definition) is 1. The quantitative estimate of drug-likeness (QED) is 0.688. The number of hydrogen-bond acceptors (Lipinski definition) is 5. The molecule has 31 heavy (non-hydrogen) atoms. The number of piperidine rings is 1. The van der Waals surface area contributed by atoms with Crippen molar-refractivity contribution in [1.29, 1.82) is 0 Å². The molecule has 0 aromatic heterocycles. The number of sulfonamides is 1. The number of amides is 2. The van der Waals surface area contributed by atoms with E-state index in [2.05, 4.69) is 12.2 Å². The highest BCUT2D eigenvalue weighted by Gasteiger charge is 2.35. The highest BCUT2D eigenvalue weighted by molar-refractivity contribution is 7.89. The zero-order chi connectivity index (χ0) is 22.8. The largest absolute Gasteiger partial charge is 0.479 e. The minimum atomic E-state index is -3.73. The molecule has 0 unspecified atom stereocenters. The number of nitrogens with one attached hydrogen (secondary N) is 1. The average Bonchev–Trinajstić information content (AvgIpc) is 2.75. The lowest BCUT2D eigenvalue weighted by Crippen LogP contribution is -2.44. The molecule has 2 amide bonds. The molecule has 1 N–H and O–H groups in total. The molecule has 2 aliphatic rings. The molecule has 8 nitrogen and oxygen atoms in total. The summed E-state index contributed by atoms with van der Waals surface area (Å²) in [5, 5.41) is 2.74. The summed E-state index contributed by atoms with van der Waals surface area (Å²) in [6.45, 7) is 9.48. The van der Waals surface area contributed by atoms with E-state index in [-0.39, 0.29) is 22.6 Å². The van der Waals surface area contributed by atoms with Crippen molar-refractivity contribution in [3.8, 4) is 5.75 Å². The summed E-state index contributed by atoms with van der Waals surface area (Å²) < 4.78 is 33.7. The number of anilines is 1. The molecule has 0 radical (unpaired) electrons. The Morgan fingerprint density at radius 1 is 1.26 bits per heavy atom. The second-order valence-corrected chi connectivity index (χ2v) is 10.2. The number of benzene rings is 1. The molecule has 0 spiro atoms. The predicted octanol–water partition coefficient (Wildman–Crippen LogP) is 2.76. The van der Waals surface area contributed by atoms with Crippen molar-refractivity contribution in [2.24, 2.45) is 5.92 Å². The molecule has 1 fully saturated rings. The number of aryl methyl sites for hydroxylation is 1. The SMILES string of the molecule is CCCCN(CC)C(=O)C1CCN(S(=O)(=O)c2cc3c(cc2C)NC(=O)[C@@H](C)O3)CC1. The number of fused-ring (bicyclic) bond motifs is 1. The van der Waals surface area contributed by atoms with Crippen molar-refractivity contribution < 1.29 is 22.7 Å². The van der Waals surface area contributed by atoms with Gasteiger partial charge in [-0.25, -0.2) is 8.42 Å². The second kappa shape index (κ2) is 9.56. The zero-order valence-electron chi connectivity index (χ0n) is 18.8. The van der Waals surface area contributed by atoms with Crippen LogP contribution in [0.4, 0.5) is 5.69 Å². The third-order valence-electron chi connectivity index (χ3n) is 6.10. The number of nitrogens with zero attached hydrogens (tertiary/aromatic N) is 2. The van der Waals surface area contributed by atoms with Gasteiger partial charge in [-0.1, -0.05) is 13.3 Å². The van der Waals surface area contributed by atoms with E-state index < -0.39 is 16.1 Å². The Bertz CT molecular complexity index is 939. The normalized spacial score (nSPS) is 20.0. The van der Waals surface area contributed by atoms with E-state index in [1.165, 1.54) is 10.4 Å². The summed E-state index contributed by atoms with van der Waals surface area (Å²) in [6.07, 6.45) is 2.38. The van der Waals surface area contributed by atoms with Crippen LogP contribution in [-0.4, -0.2) is 61.7 Å². The van der Waals surface area contributed by atoms with Crippen molar-refractivity contribution >= 4 is 27.5 Å². The number of carbonyl (C=O) groups excluding carboxylic acids is 2. The summed E-state index contributed by atoms with van der Waals surface area (Å²) in [5.41, 5.74) is 1.03.